The monoisotopic (exact) mass is 316 g/mol. The highest BCUT2D eigenvalue weighted by molar-refractivity contribution is 6.31. The van der Waals surface area contributed by atoms with Gasteiger partial charge in [-0.1, -0.05) is 23.2 Å². The summed E-state index contributed by atoms with van der Waals surface area (Å²) < 4.78 is 0. The maximum absolute atomic E-state index is 6.12. The van der Waals surface area contributed by atoms with Crippen LogP contribution in [0.1, 0.15) is 11.3 Å². The van der Waals surface area contributed by atoms with Crippen LogP contribution in [0.3, 0.4) is 0 Å². The molecule has 2 heterocycles. The quantitative estimate of drug-likeness (QED) is 0.666. The standard InChI is InChI=1S/C17H14Cl2N2/c18-11-1-4-13(5-2-11)21-8-7-14-15-9-12(19)3-6-16(15)20-17(14)10-21/h1-6,9,20H,7-8,10H2. The van der Waals surface area contributed by atoms with Gasteiger partial charge in [0.1, 0.15) is 0 Å². The Labute approximate surface area is 133 Å². The molecule has 0 saturated carbocycles. The van der Waals surface area contributed by atoms with E-state index in [2.05, 4.69) is 34.1 Å². The van der Waals surface area contributed by atoms with Crippen molar-refractivity contribution in [2.24, 2.45) is 0 Å². The highest BCUT2D eigenvalue weighted by atomic mass is 35.5. The Hall–Kier alpha value is -1.64. The zero-order chi connectivity index (χ0) is 14.4. The van der Waals surface area contributed by atoms with Crippen LogP contribution in [0.15, 0.2) is 42.5 Å². The summed E-state index contributed by atoms with van der Waals surface area (Å²) >= 11 is 12.1. The van der Waals surface area contributed by atoms with E-state index in [1.54, 1.807) is 0 Å². The van der Waals surface area contributed by atoms with Gasteiger partial charge in [0.05, 0.1) is 6.54 Å². The van der Waals surface area contributed by atoms with Crippen molar-refractivity contribution in [1.29, 1.82) is 0 Å². The molecule has 1 aliphatic rings. The fourth-order valence-electron chi connectivity index (χ4n) is 3.09. The Balaban J connectivity index is 1.71. The maximum Gasteiger partial charge on any atom is 0.0583 e. The number of hydrogen-bond acceptors (Lipinski definition) is 1. The lowest BCUT2D eigenvalue weighted by Crippen LogP contribution is -2.30. The van der Waals surface area contributed by atoms with Gasteiger partial charge in [0.25, 0.3) is 0 Å². The molecule has 0 saturated heterocycles. The van der Waals surface area contributed by atoms with Crippen molar-refractivity contribution < 1.29 is 0 Å². The van der Waals surface area contributed by atoms with Crippen molar-refractivity contribution >= 4 is 39.8 Å². The highest BCUT2D eigenvalue weighted by Gasteiger charge is 2.20. The van der Waals surface area contributed by atoms with Gasteiger partial charge >= 0.3 is 0 Å². The van der Waals surface area contributed by atoms with Crippen LogP contribution in [0.2, 0.25) is 10.0 Å². The zero-order valence-electron chi connectivity index (χ0n) is 11.4. The SMILES string of the molecule is Clc1ccc(N2CCc3c([nH]c4ccc(Cl)cc34)C2)cc1. The fraction of sp³-hybridized carbons (Fsp3) is 0.176. The predicted octanol–water partition coefficient (Wildman–Crippen LogP) is 5.04. The van der Waals surface area contributed by atoms with Crippen LogP contribution in [0, 0.1) is 0 Å². The van der Waals surface area contributed by atoms with E-state index in [0.29, 0.717) is 0 Å². The number of nitrogens with zero attached hydrogens (tertiary/aromatic N) is 1. The molecule has 2 aromatic carbocycles. The molecule has 3 aromatic rings. The maximum atomic E-state index is 6.12. The van der Waals surface area contributed by atoms with Crippen molar-refractivity contribution in [1.82, 2.24) is 4.98 Å². The van der Waals surface area contributed by atoms with Gasteiger partial charge in [-0.25, -0.2) is 0 Å². The second-order valence-electron chi connectivity index (χ2n) is 5.42. The molecular formula is C17H14Cl2N2. The summed E-state index contributed by atoms with van der Waals surface area (Å²) in [5.41, 5.74) is 5.07. The number of aromatic amines is 1. The van der Waals surface area contributed by atoms with E-state index < -0.39 is 0 Å². The summed E-state index contributed by atoms with van der Waals surface area (Å²) in [6, 6.07) is 14.1. The van der Waals surface area contributed by atoms with Gasteiger partial charge in [0.2, 0.25) is 0 Å². The second kappa shape index (κ2) is 4.97. The minimum absolute atomic E-state index is 0.775. The molecular weight excluding hydrogens is 303 g/mol. The minimum atomic E-state index is 0.775. The molecule has 0 spiro atoms. The van der Waals surface area contributed by atoms with Crippen molar-refractivity contribution in [3.63, 3.8) is 0 Å². The van der Waals surface area contributed by atoms with Crippen molar-refractivity contribution in [3.05, 3.63) is 63.8 Å². The van der Waals surface area contributed by atoms with E-state index in [1.165, 1.54) is 27.8 Å². The van der Waals surface area contributed by atoms with Crippen molar-refractivity contribution in [2.45, 2.75) is 13.0 Å². The molecule has 0 amide bonds. The number of anilines is 1. The number of fused-ring (bicyclic) bond motifs is 3. The Morgan fingerprint density at radius 1 is 0.952 bits per heavy atom. The summed E-state index contributed by atoms with van der Waals surface area (Å²) in [6.45, 7) is 1.90. The first-order valence-electron chi connectivity index (χ1n) is 7.00. The summed E-state index contributed by atoms with van der Waals surface area (Å²) in [6.07, 6.45) is 1.03. The fourth-order valence-corrected chi connectivity index (χ4v) is 3.38. The number of hydrogen-bond donors (Lipinski definition) is 1. The molecule has 1 N–H and O–H groups in total. The third-order valence-corrected chi connectivity index (χ3v) is 4.62. The van der Waals surface area contributed by atoms with Gasteiger partial charge < -0.3 is 9.88 Å². The number of nitrogens with one attached hydrogen (secondary N) is 1. The molecule has 0 aliphatic carbocycles. The Morgan fingerprint density at radius 3 is 2.52 bits per heavy atom. The van der Waals surface area contributed by atoms with Crippen LogP contribution in [-0.4, -0.2) is 11.5 Å². The molecule has 0 unspecified atom stereocenters. The molecule has 1 aromatic heterocycles. The zero-order valence-corrected chi connectivity index (χ0v) is 12.9. The summed E-state index contributed by atoms with van der Waals surface area (Å²) in [5.74, 6) is 0. The smallest absolute Gasteiger partial charge is 0.0583 e. The number of rotatable bonds is 1. The van der Waals surface area contributed by atoms with Crippen LogP contribution in [0.5, 0.6) is 0 Å². The minimum Gasteiger partial charge on any atom is -0.365 e. The molecule has 0 atom stereocenters. The van der Waals surface area contributed by atoms with Gasteiger partial charge in [-0.2, -0.15) is 0 Å². The van der Waals surface area contributed by atoms with E-state index in [-0.39, 0.29) is 0 Å². The lowest BCUT2D eigenvalue weighted by Gasteiger charge is -2.29. The Morgan fingerprint density at radius 2 is 1.71 bits per heavy atom. The number of H-pyrrole nitrogens is 1. The first-order chi connectivity index (χ1) is 10.2. The molecule has 2 nitrogen and oxygen atoms in total. The molecule has 1 aliphatic heterocycles. The van der Waals surface area contributed by atoms with Gasteiger partial charge in [0.15, 0.2) is 0 Å². The lowest BCUT2D eigenvalue weighted by atomic mass is 10.0. The lowest BCUT2D eigenvalue weighted by molar-refractivity contribution is 0.724. The van der Waals surface area contributed by atoms with E-state index in [4.69, 9.17) is 23.2 Å². The molecule has 4 rings (SSSR count). The second-order valence-corrected chi connectivity index (χ2v) is 6.29. The van der Waals surface area contributed by atoms with E-state index in [1.807, 2.05) is 18.2 Å². The van der Waals surface area contributed by atoms with Crippen molar-refractivity contribution in [2.75, 3.05) is 11.4 Å². The molecule has 106 valence electrons. The average Bonchev–Trinajstić information content (AvgIpc) is 2.85. The Bertz CT molecular complexity index is 806. The van der Waals surface area contributed by atoms with E-state index >= 15 is 0 Å². The predicted molar refractivity (Wildman–Crippen MR) is 89.5 cm³/mol. The van der Waals surface area contributed by atoms with Crippen molar-refractivity contribution in [3.8, 4) is 0 Å². The molecule has 21 heavy (non-hydrogen) atoms. The van der Waals surface area contributed by atoms with Gasteiger partial charge in [-0.05, 0) is 54.4 Å². The third-order valence-electron chi connectivity index (χ3n) is 4.13. The van der Waals surface area contributed by atoms with Crippen LogP contribution in [0.25, 0.3) is 10.9 Å². The Kier molecular flexibility index (Phi) is 3.09. The first-order valence-corrected chi connectivity index (χ1v) is 7.76. The number of benzene rings is 2. The van der Waals surface area contributed by atoms with Gasteiger partial charge in [0, 0.05) is 38.9 Å². The summed E-state index contributed by atoms with van der Waals surface area (Å²) in [7, 11) is 0. The van der Waals surface area contributed by atoms with Crippen LogP contribution in [-0.2, 0) is 13.0 Å². The summed E-state index contributed by atoms with van der Waals surface area (Å²) in [5, 5.41) is 2.83. The van der Waals surface area contributed by atoms with E-state index in [0.717, 1.165) is 29.6 Å². The summed E-state index contributed by atoms with van der Waals surface area (Å²) in [4.78, 5) is 5.90. The van der Waals surface area contributed by atoms with Crippen LogP contribution >= 0.6 is 23.2 Å². The van der Waals surface area contributed by atoms with Gasteiger partial charge in [-0.3, -0.25) is 0 Å². The number of aromatic nitrogens is 1. The highest BCUT2D eigenvalue weighted by Crippen LogP contribution is 2.31. The van der Waals surface area contributed by atoms with Crippen LogP contribution in [0.4, 0.5) is 5.69 Å². The molecule has 0 bridgehead atoms. The first kappa shape index (κ1) is 13.1. The normalized spacial score (nSPS) is 14.5. The van der Waals surface area contributed by atoms with E-state index in [9.17, 15) is 0 Å². The number of halogens is 2. The van der Waals surface area contributed by atoms with Crippen LogP contribution < -0.4 is 4.90 Å². The molecule has 0 radical (unpaired) electrons. The topological polar surface area (TPSA) is 19.0 Å². The average molecular weight is 317 g/mol. The third kappa shape index (κ3) is 2.29. The molecule has 0 fully saturated rings. The largest absolute Gasteiger partial charge is 0.365 e. The molecule has 4 heteroatoms. The van der Waals surface area contributed by atoms with Gasteiger partial charge in [-0.15, -0.1) is 0 Å².